The fourth-order valence-corrected chi connectivity index (χ4v) is 2.23. The zero-order valence-corrected chi connectivity index (χ0v) is 9.25. The van der Waals surface area contributed by atoms with E-state index in [4.69, 9.17) is 9.84 Å². The van der Waals surface area contributed by atoms with Crippen molar-refractivity contribution >= 4 is 6.03 Å². The minimum Gasteiger partial charge on any atom is -0.394 e. The van der Waals surface area contributed by atoms with Crippen LogP contribution in [0.15, 0.2) is 11.9 Å². The molecule has 1 unspecified atom stereocenters. The lowest BCUT2D eigenvalue weighted by molar-refractivity contribution is -0.0869. The lowest BCUT2D eigenvalue weighted by Crippen LogP contribution is -2.50. The molecule has 9 nitrogen and oxygen atoms in total. The summed E-state index contributed by atoms with van der Waals surface area (Å²) in [5.74, 6) is 0.378. The molecule has 2 saturated heterocycles. The first kappa shape index (κ1) is 11.7. The zero-order valence-electron chi connectivity index (χ0n) is 9.25. The minimum absolute atomic E-state index is 0.147. The number of rotatable bonds is 2. The molecule has 0 saturated carbocycles. The van der Waals surface area contributed by atoms with Gasteiger partial charge in [0.05, 0.1) is 6.61 Å². The van der Waals surface area contributed by atoms with Crippen LogP contribution in [0.5, 0.6) is 0 Å². The summed E-state index contributed by atoms with van der Waals surface area (Å²) < 4.78 is 5.25. The third-order valence-corrected chi connectivity index (χ3v) is 3.29. The molecule has 100 valence electrons. The lowest BCUT2D eigenvalue weighted by Gasteiger charge is -2.29. The van der Waals surface area contributed by atoms with E-state index in [1.54, 1.807) is 6.08 Å². The van der Waals surface area contributed by atoms with Gasteiger partial charge < -0.3 is 20.1 Å². The van der Waals surface area contributed by atoms with Crippen molar-refractivity contribution in [2.75, 3.05) is 13.2 Å². The summed E-state index contributed by atoms with van der Waals surface area (Å²) in [6.45, 7) is -0.304. The van der Waals surface area contributed by atoms with E-state index < -0.39 is 37.2 Å². The van der Waals surface area contributed by atoms with Crippen molar-refractivity contribution in [3.63, 3.8) is 0 Å². The standard InChI is InChI=1S/C9H13N3O6/c13-3-4-6(14)7(15)8(18-4)10-2-1-5-11(9(10)16)12(5)17/h1,4,6-8,13-15,17H,2-3H2/t4-,6-,7-,8?,11?,12?/m0/s1. The van der Waals surface area contributed by atoms with Gasteiger partial charge >= 0.3 is 6.03 Å². The van der Waals surface area contributed by atoms with Crippen molar-refractivity contribution in [2.24, 2.45) is 0 Å². The van der Waals surface area contributed by atoms with Crippen LogP contribution in [0.3, 0.4) is 0 Å². The number of nitrogens with zero attached hydrogens (tertiary/aromatic N) is 3. The van der Waals surface area contributed by atoms with E-state index in [1.165, 1.54) is 4.90 Å². The Morgan fingerprint density at radius 3 is 2.72 bits per heavy atom. The van der Waals surface area contributed by atoms with Gasteiger partial charge in [0.1, 0.15) is 18.3 Å². The van der Waals surface area contributed by atoms with E-state index in [9.17, 15) is 20.2 Å². The fraction of sp³-hybridized carbons (Fsp3) is 0.667. The summed E-state index contributed by atoms with van der Waals surface area (Å²) in [5, 5.41) is 39.3. The summed E-state index contributed by atoms with van der Waals surface area (Å²) in [5.41, 5.74) is 0. The van der Waals surface area contributed by atoms with Crippen LogP contribution in [-0.2, 0) is 4.74 Å². The quantitative estimate of drug-likeness (QED) is 0.409. The first-order chi connectivity index (χ1) is 8.56. The predicted molar refractivity (Wildman–Crippen MR) is 53.4 cm³/mol. The van der Waals surface area contributed by atoms with Gasteiger partial charge in [-0.1, -0.05) is 0 Å². The predicted octanol–water partition coefficient (Wildman–Crippen LogP) is -2.38. The van der Waals surface area contributed by atoms with Crippen molar-refractivity contribution in [2.45, 2.75) is 24.5 Å². The highest BCUT2D eigenvalue weighted by molar-refractivity contribution is 5.80. The number of carbonyl (C=O) groups excluding carboxylic acids is 1. The molecule has 0 aromatic rings. The van der Waals surface area contributed by atoms with Crippen molar-refractivity contribution in [3.8, 4) is 0 Å². The summed E-state index contributed by atoms with van der Waals surface area (Å²) in [6.07, 6.45) is -2.94. The van der Waals surface area contributed by atoms with E-state index >= 15 is 0 Å². The van der Waals surface area contributed by atoms with Gasteiger partial charge in [-0.15, -0.1) is 5.17 Å². The number of amides is 2. The van der Waals surface area contributed by atoms with Gasteiger partial charge in [0.25, 0.3) is 0 Å². The molecule has 4 atom stereocenters. The number of ether oxygens (including phenoxy) is 1. The van der Waals surface area contributed by atoms with Crippen molar-refractivity contribution in [1.29, 1.82) is 0 Å². The number of aliphatic hydroxyl groups excluding tert-OH is 3. The van der Waals surface area contributed by atoms with Gasteiger partial charge in [0, 0.05) is 6.54 Å². The normalized spacial score (nSPS) is 39.0. The average Bonchev–Trinajstić information content (AvgIpc) is 2.94. The van der Waals surface area contributed by atoms with Gasteiger partial charge in [-0.05, 0) is 6.08 Å². The van der Waals surface area contributed by atoms with Crippen LogP contribution in [0.4, 0.5) is 4.79 Å². The highest BCUT2D eigenvalue weighted by atomic mass is 16.6. The average molecular weight is 259 g/mol. The Morgan fingerprint density at radius 2 is 2.11 bits per heavy atom. The number of urea groups is 1. The summed E-state index contributed by atoms with van der Waals surface area (Å²) in [7, 11) is 0. The highest BCUT2D eigenvalue weighted by Gasteiger charge is 2.53. The summed E-state index contributed by atoms with van der Waals surface area (Å²) >= 11 is 0. The molecule has 0 bridgehead atoms. The maximum Gasteiger partial charge on any atom is 0.349 e. The number of hydrogen-bond acceptors (Lipinski definition) is 7. The maximum absolute atomic E-state index is 11.9. The molecule has 3 heterocycles. The molecule has 0 radical (unpaired) electrons. The molecule has 0 aliphatic carbocycles. The molecule has 9 heteroatoms. The van der Waals surface area contributed by atoms with Gasteiger partial charge in [-0.3, -0.25) is 10.1 Å². The van der Waals surface area contributed by atoms with E-state index in [1.807, 2.05) is 0 Å². The molecule has 0 aromatic carbocycles. The maximum atomic E-state index is 11.9. The molecule has 4 N–H and O–H groups in total. The Morgan fingerprint density at radius 1 is 1.39 bits per heavy atom. The van der Waals surface area contributed by atoms with Crippen LogP contribution in [0, 0.1) is 0 Å². The van der Waals surface area contributed by atoms with Crippen molar-refractivity contribution in [1.82, 2.24) is 15.1 Å². The number of hydroxylamine groups is 1. The van der Waals surface area contributed by atoms with E-state index in [2.05, 4.69) is 0 Å². The molecule has 0 spiro atoms. The van der Waals surface area contributed by atoms with Crippen LogP contribution >= 0.6 is 0 Å². The van der Waals surface area contributed by atoms with E-state index in [0.29, 0.717) is 11.0 Å². The van der Waals surface area contributed by atoms with Gasteiger partial charge in [0.2, 0.25) is 0 Å². The van der Waals surface area contributed by atoms with Crippen molar-refractivity contribution < 1.29 is 30.1 Å². The second-order valence-corrected chi connectivity index (χ2v) is 4.33. The number of hydrazine groups is 1. The molecule has 3 aliphatic heterocycles. The molecular formula is C9H13N3O6. The third kappa shape index (κ3) is 1.42. The van der Waals surface area contributed by atoms with Crippen LogP contribution in [0.25, 0.3) is 0 Å². The molecule has 0 aromatic heterocycles. The Labute approximate surface area is 102 Å². The first-order valence-electron chi connectivity index (χ1n) is 5.48. The Bertz CT molecular complexity index is 415. The van der Waals surface area contributed by atoms with E-state index in [0.717, 1.165) is 5.01 Å². The largest absolute Gasteiger partial charge is 0.394 e. The molecular weight excluding hydrogens is 246 g/mol. The monoisotopic (exact) mass is 259 g/mol. The third-order valence-electron chi connectivity index (χ3n) is 3.29. The Hall–Kier alpha value is -1.39. The highest BCUT2D eigenvalue weighted by Crippen LogP contribution is 2.35. The topological polar surface area (TPSA) is 116 Å². The van der Waals surface area contributed by atoms with Gasteiger partial charge in [-0.25, -0.2) is 4.79 Å². The second-order valence-electron chi connectivity index (χ2n) is 4.33. The smallest absolute Gasteiger partial charge is 0.349 e. The number of hydrogen-bond donors (Lipinski definition) is 4. The van der Waals surface area contributed by atoms with Crippen LogP contribution in [-0.4, -0.2) is 79.3 Å². The second kappa shape index (κ2) is 3.80. The first-order valence-corrected chi connectivity index (χ1v) is 5.48. The number of aliphatic hydroxyl groups is 3. The van der Waals surface area contributed by atoms with Crippen LogP contribution in [0.2, 0.25) is 0 Å². The lowest BCUT2D eigenvalue weighted by atomic mass is 10.1. The zero-order chi connectivity index (χ0) is 13.0. The summed E-state index contributed by atoms with van der Waals surface area (Å²) in [6, 6.07) is -0.551. The SMILES string of the molecule is O=C1N(C2O[C@@H](CO)[C@H](O)[C@@H]2O)CC=C2N(O)N12. The van der Waals surface area contributed by atoms with Crippen molar-refractivity contribution in [3.05, 3.63) is 11.9 Å². The fourth-order valence-electron chi connectivity index (χ4n) is 2.23. The number of fused-ring (bicyclic) bond motifs is 1. The Kier molecular flexibility index (Phi) is 2.47. The molecule has 3 aliphatic rings. The minimum atomic E-state index is -1.30. The van der Waals surface area contributed by atoms with Gasteiger partial charge in [-0.2, -0.15) is 5.01 Å². The van der Waals surface area contributed by atoms with Crippen LogP contribution in [0.1, 0.15) is 0 Å². The molecule has 2 amide bonds. The summed E-state index contributed by atoms with van der Waals surface area (Å²) in [4.78, 5) is 13.1. The van der Waals surface area contributed by atoms with E-state index in [-0.39, 0.29) is 6.54 Å². The molecule has 18 heavy (non-hydrogen) atoms. The number of carbonyl (C=O) groups is 1. The molecule has 2 fully saturated rings. The van der Waals surface area contributed by atoms with Gasteiger partial charge in [0.15, 0.2) is 12.0 Å². The van der Waals surface area contributed by atoms with Crippen LogP contribution < -0.4 is 0 Å². The molecule has 3 rings (SSSR count). The Balaban J connectivity index is 1.77.